The average Bonchev–Trinajstić information content (AvgIpc) is 3.24. The van der Waals surface area contributed by atoms with E-state index < -0.39 is 151 Å². The molecule has 0 aliphatic heterocycles. The Hall–Kier alpha value is -6.39. The highest BCUT2D eigenvalue weighted by atomic mass is 16.6. The monoisotopic (exact) mass is 1000 g/mol. The van der Waals surface area contributed by atoms with Gasteiger partial charge in [0, 0.05) is 6.54 Å². The number of ether oxygens (including phenoxy) is 1. The van der Waals surface area contributed by atoms with E-state index in [1.54, 1.807) is 67.6 Å². The summed E-state index contributed by atoms with van der Waals surface area (Å²) in [5.41, 5.74) is 9.50. The number of amides is 9. The Kier molecular flexibility index (Phi) is 27.5. The zero-order valence-electron chi connectivity index (χ0n) is 41.3. The fourth-order valence-corrected chi connectivity index (χ4v) is 6.17. The zero-order chi connectivity index (χ0) is 54.4. The number of carbonyl (C=O) groups is 10. The average molecular weight is 1010 g/mol. The lowest BCUT2D eigenvalue weighted by Gasteiger charge is -2.31. The summed E-state index contributed by atoms with van der Waals surface area (Å²) >= 11 is 0. The van der Waals surface area contributed by atoms with Crippen LogP contribution in [0, 0.1) is 23.2 Å². The lowest BCUT2D eigenvalue weighted by molar-refractivity contribution is -0.145. The van der Waals surface area contributed by atoms with Crippen LogP contribution in [0.2, 0.25) is 0 Å². The van der Waals surface area contributed by atoms with Crippen LogP contribution in [0.4, 0.5) is 4.79 Å². The molecule has 0 bridgehead atoms. The van der Waals surface area contributed by atoms with E-state index in [0.717, 1.165) is 6.92 Å². The molecule has 0 heterocycles. The number of nitrogens with two attached hydrogens (primary N) is 2. The van der Waals surface area contributed by atoms with E-state index in [1.165, 1.54) is 0 Å². The largest absolute Gasteiger partial charge is 0.480 e. The number of guanidine groups is 1. The molecule has 0 fully saturated rings. The SMILES string of the molecule is CC[C@H](C)[C@H](NC(=O)[C@@H](CCCNC(=N)N)NC(=O)[C@H](CC(C)C)NC(=O)[C@@H](NC(=O)OC(C)(C)C)[C@H](O)C(C)C)C(=O)NC(C(=O)NCC(=O)N[C@H](C(=O)N[C@@H](CO)C(=O)O)[C@H](O)C(N)=O)[C@H](C)O. The van der Waals surface area contributed by atoms with Crippen LogP contribution in [-0.2, 0) is 47.9 Å². The van der Waals surface area contributed by atoms with Crippen LogP contribution >= 0.6 is 0 Å². The van der Waals surface area contributed by atoms with Crippen molar-refractivity contribution in [3.05, 3.63) is 0 Å². The summed E-state index contributed by atoms with van der Waals surface area (Å²) < 4.78 is 5.28. The van der Waals surface area contributed by atoms with E-state index in [2.05, 4.69) is 37.2 Å². The molecule has 70 heavy (non-hydrogen) atoms. The molecule has 28 heteroatoms. The summed E-state index contributed by atoms with van der Waals surface area (Å²) in [5, 5.41) is 78.3. The summed E-state index contributed by atoms with van der Waals surface area (Å²) in [6, 6.07) is -11.7. The molecule has 11 atom stereocenters. The van der Waals surface area contributed by atoms with Gasteiger partial charge in [-0.25, -0.2) is 9.59 Å². The molecule has 1 unspecified atom stereocenters. The molecule has 28 nitrogen and oxygen atoms in total. The minimum atomic E-state index is -2.41. The molecule has 0 aliphatic rings. The van der Waals surface area contributed by atoms with Crippen LogP contribution in [0.5, 0.6) is 0 Å². The van der Waals surface area contributed by atoms with E-state index in [4.69, 9.17) is 26.7 Å². The summed E-state index contributed by atoms with van der Waals surface area (Å²) in [5.74, 6) is -12.6. The number of aliphatic carboxylic acids is 1. The van der Waals surface area contributed by atoms with Crippen molar-refractivity contribution in [2.24, 2.45) is 29.2 Å². The normalized spacial score (nSPS) is 16.1. The van der Waals surface area contributed by atoms with Crippen molar-refractivity contribution in [3.63, 3.8) is 0 Å². The first kappa shape index (κ1) is 63.6. The minimum Gasteiger partial charge on any atom is -0.480 e. The van der Waals surface area contributed by atoms with Crippen molar-refractivity contribution in [3.8, 4) is 0 Å². The maximum atomic E-state index is 14.1. The predicted octanol–water partition coefficient (Wildman–Crippen LogP) is -5.42. The molecule has 0 radical (unpaired) electrons. The highest BCUT2D eigenvalue weighted by Gasteiger charge is 2.39. The number of nitrogens with one attached hydrogen (secondary N) is 10. The first-order valence-corrected chi connectivity index (χ1v) is 22.6. The highest BCUT2D eigenvalue weighted by Crippen LogP contribution is 2.14. The number of alkyl carbamates (subject to hydrolysis) is 1. The van der Waals surface area contributed by atoms with Crippen LogP contribution in [-0.4, -0.2) is 177 Å². The van der Waals surface area contributed by atoms with Crippen LogP contribution < -0.4 is 59.3 Å². The van der Waals surface area contributed by atoms with E-state index in [0.29, 0.717) is 0 Å². The fraction of sp³-hybridized carbons (Fsp3) is 0.738. The van der Waals surface area contributed by atoms with Crippen molar-refractivity contribution in [1.82, 2.24) is 47.9 Å². The summed E-state index contributed by atoms with van der Waals surface area (Å²) in [4.78, 5) is 130. The Bertz CT molecular complexity index is 1830. The third kappa shape index (κ3) is 23.3. The second kappa shape index (κ2) is 30.3. The van der Waals surface area contributed by atoms with Gasteiger partial charge < -0.3 is 89.6 Å². The van der Waals surface area contributed by atoms with Gasteiger partial charge >= 0.3 is 12.1 Å². The second-order valence-electron chi connectivity index (χ2n) is 18.4. The predicted molar refractivity (Wildman–Crippen MR) is 248 cm³/mol. The molecule has 0 aromatic carbocycles. The van der Waals surface area contributed by atoms with Crippen LogP contribution in [0.15, 0.2) is 0 Å². The molecule has 0 rings (SSSR count). The van der Waals surface area contributed by atoms with Crippen LogP contribution in [0.25, 0.3) is 0 Å². The standard InChI is InChI=1S/C42H76N12O16/c1-11-20(6)26(36(64)53-27(21(7)56)35(63)47-16-25(57)51-29(31(59)32(43)60)38(66)50-24(17-55)39(67)68)52-33(61)22(13-12-14-46-40(44)45)48-34(62)23(15-18(2)3)49-37(65)28(30(58)19(4)5)54-41(69)70-42(8,9)10/h18-24,26-31,55-56,58-59H,11-17H2,1-10H3,(H2,43,60)(H,47,63)(H,48,62)(H,49,65)(H,50,66)(H,51,57)(H,52,61)(H,53,64)(H,54,69)(H,67,68)(H4,44,45,46)/t20-,21-,22+,23-,24-,26-,27?,28-,29-,30+,31-/m0/s1. The molecule has 19 N–H and O–H groups in total. The molecule has 0 aliphatic carbocycles. The number of rotatable bonds is 30. The van der Waals surface area contributed by atoms with E-state index >= 15 is 0 Å². The third-order valence-electron chi connectivity index (χ3n) is 10.2. The summed E-state index contributed by atoms with van der Waals surface area (Å²) in [7, 11) is 0. The van der Waals surface area contributed by atoms with Crippen molar-refractivity contribution < 1.29 is 78.2 Å². The third-order valence-corrected chi connectivity index (χ3v) is 10.2. The topological polar surface area (TPSA) is 465 Å². The maximum absolute atomic E-state index is 14.1. The molecule has 0 saturated heterocycles. The van der Waals surface area contributed by atoms with Gasteiger partial charge in [0.1, 0.15) is 47.9 Å². The molecule has 0 saturated carbocycles. The van der Waals surface area contributed by atoms with Gasteiger partial charge in [0.05, 0.1) is 25.4 Å². The van der Waals surface area contributed by atoms with E-state index in [-0.39, 0.29) is 44.1 Å². The van der Waals surface area contributed by atoms with Crippen LogP contribution in [0.3, 0.4) is 0 Å². The molecule has 400 valence electrons. The number of aliphatic hydroxyl groups excluding tert-OH is 4. The van der Waals surface area contributed by atoms with Gasteiger partial charge in [-0.2, -0.15) is 0 Å². The Balaban J connectivity index is 6.55. The number of primary amides is 1. The van der Waals surface area contributed by atoms with Gasteiger partial charge in [-0.05, 0) is 64.7 Å². The van der Waals surface area contributed by atoms with Gasteiger partial charge in [-0.1, -0.05) is 48.0 Å². The summed E-state index contributed by atoms with van der Waals surface area (Å²) in [6.45, 7) is 13.8. The van der Waals surface area contributed by atoms with Crippen LogP contribution in [0.1, 0.15) is 94.9 Å². The Labute approximate surface area is 406 Å². The van der Waals surface area contributed by atoms with Crippen molar-refractivity contribution >= 4 is 65.3 Å². The Morgan fingerprint density at radius 3 is 1.63 bits per heavy atom. The lowest BCUT2D eigenvalue weighted by atomic mass is 9.96. The number of carbonyl (C=O) groups excluding carboxylic acids is 9. The fourth-order valence-electron chi connectivity index (χ4n) is 6.17. The second-order valence-corrected chi connectivity index (χ2v) is 18.4. The zero-order valence-corrected chi connectivity index (χ0v) is 41.3. The lowest BCUT2D eigenvalue weighted by Crippen LogP contribution is -2.62. The van der Waals surface area contributed by atoms with Gasteiger partial charge in [0.15, 0.2) is 12.1 Å². The molecule has 0 spiro atoms. The number of carboxylic acids is 1. The minimum absolute atomic E-state index is 0.0141. The molecule has 0 aromatic rings. The van der Waals surface area contributed by atoms with E-state index in [9.17, 15) is 68.4 Å². The van der Waals surface area contributed by atoms with Crippen molar-refractivity contribution in [2.75, 3.05) is 19.7 Å². The molecular formula is C42H76N12O16. The first-order chi connectivity index (χ1) is 32.3. The summed E-state index contributed by atoms with van der Waals surface area (Å²) in [6.07, 6.45) is -6.23. The van der Waals surface area contributed by atoms with Gasteiger partial charge in [0.2, 0.25) is 47.3 Å². The first-order valence-electron chi connectivity index (χ1n) is 22.6. The van der Waals surface area contributed by atoms with Gasteiger partial charge in [-0.3, -0.25) is 43.8 Å². The molecule has 9 amide bonds. The smallest absolute Gasteiger partial charge is 0.408 e. The molecular weight excluding hydrogens is 929 g/mol. The molecule has 0 aromatic heterocycles. The number of carboxylic acid groups (broad SMARTS) is 1. The number of aliphatic hydroxyl groups is 4. The van der Waals surface area contributed by atoms with Crippen molar-refractivity contribution in [2.45, 2.75) is 161 Å². The highest BCUT2D eigenvalue weighted by molar-refractivity contribution is 5.98. The van der Waals surface area contributed by atoms with Gasteiger partial charge in [0.25, 0.3) is 0 Å². The number of hydrogen-bond donors (Lipinski definition) is 17. The van der Waals surface area contributed by atoms with E-state index in [1.807, 2.05) is 5.32 Å². The Morgan fingerprint density at radius 2 is 1.16 bits per heavy atom. The Morgan fingerprint density at radius 1 is 0.643 bits per heavy atom. The number of hydrogen-bond acceptors (Lipinski definition) is 16. The maximum Gasteiger partial charge on any atom is 0.408 e. The van der Waals surface area contributed by atoms with Gasteiger partial charge in [-0.15, -0.1) is 0 Å². The van der Waals surface area contributed by atoms with Crippen molar-refractivity contribution in [1.29, 1.82) is 5.41 Å². The quantitative estimate of drug-likeness (QED) is 0.0181.